The summed E-state index contributed by atoms with van der Waals surface area (Å²) in [6.45, 7) is 7.83. The van der Waals surface area contributed by atoms with Crippen LogP contribution >= 0.6 is 15.9 Å². The number of carbonyl (C=O) groups excluding carboxylic acids is 2. The van der Waals surface area contributed by atoms with Crippen molar-refractivity contribution in [1.82, 2.24) is 9.80 Å². The first-order valence-electron chi connectivity index (χ1n) is 12.4. The Hall–Kier alpha value is -2.30. The number of carbonyl (C=O) groups is 2. The van der Waals surface area contributed by atoms with Crippen LogP contribution in [0.5, 0.6) is 5.75 Å². The fraction of sp³-hybridized carbons (Fsp3) is 0.615. The molecule has 2 heterocycles. The largest absolute Gasteiger partial charge is 0.490 e. The maximum atomic E-state index is 13.6. The molecule has 198 valence electrons. The van der Waals surface area contributed by atoms with E-state index in [2.05, 4.69) is 15.9 Å². The summed E-state index contributed by atoms with van der Waals surface area (Å²) in [5.41, 5.74) is 0.984. The molecule has 1 saturated heterocycles. The standard InChI is InChI=1S/C26H35BrN2O7/c1-26(2,3)36-25(31)28-9-13-34-21(16-28)24(30)29(18-6-7-18)15-17-14-20(33-11-5-10-32-4)23-19(22(17)27)8-12-35-23/h8,12,14,18,21H,5-7,9-11,13,15-16H2,1-4H3/t21-/m1/s1. The molecule has 1 aromatic carbocycles. The third-order valence-corrected chi connectivity index (χ3v) is 7.00. The van der Waals surface area contributed by atoms with Gasteiger partial charge >= 0.3 is 6.09 Å². The van der Waals surface area contributed by atoms with Crippen LogP contribution in [0.3, 0.4) is 0 Å². The first-order valence-corrected chi connectivity index (χ1v) is 13.2. The van der Waals surface area contributed by atoms with Gasteiger partial charge in [0.2, 0.25) is 0 Å². The third-order valence-electron chi connectivity index (χ3n) is 6.07. The summed E-state index contributed by atoms with van der Waals surface area (Å²) in [5, 5.41) is 0.891. The molecule has 1 atom stereocenters. The minimum Gasteiger partial charge on any atom is -0.490 e. The predicted octanol–water partition coefficient (Wildman–Crippen LogP) is 4.74. The van der Waals surface area contributed by atoms with Crippen molar-refractivity contribution < 1.29 is 33.0 Å². The number of benzene rings is 1. The van der Waals surface area contributed by atoms with Crippen molar-refractivity contribution in [2.45, 2.75) is 64.3 Å². The molecule has 2 amide bonds. The van der Waals surface area contributed by atoms with Gasteiger partial charge in [0.05, 0.1) is 26.0 Å². The summed E-state index contributed by atoms with van der Waals surface area (Å²) in [4.78, 5) is 29.6. The number of fused-ring (bicyclic) bond motifs is 1. The summed E-state index contributed by atoms with van der Waals surface area (Å²) in [6, 6.07) is 3.97. The number of ether oxygens (including phenoxy) is 4. The molecular weight excluding hydrogens is 532 g/mol. The number of hydrogen-bond donors (Lipinski definition) is 0. The molecule has 2 aliphatic rings. The van der Waals surface area contributed by atoms with E-state index in [0.29, 0.717) is 37.6 Å². The fourth-order valence-corrected chi connectivity index (χ4v) is 4.73. The van der Waals surface area contributed by atoms with E-state index in [9.17, 15) is 9.59 Å². The van der Waals surface area contributed by atoms with Gasteiger partial charge < -0.3 is 33.2 Å². The number of hydrogen-bond acceptors (Lipinski definition) is 7. The summed E-state index contributed by atoms with van der Waals surface area (Å²) in [5.74, 6) is 0.519. The highest BCUT2D eigenvalue weighted by Crippen LogP contribution is 2.38. The number of amides is 2. The average molecular weight is 567 g/mol. The molecule has 1 aliphatic heterocycles. The molecular formula is C26H35BrN2O7. The van der Waals surface area contributed by atoms with Crippen molar-refractivity contribution in [3.05, 3.63) is 28.4 Å². The van der Waals surface area contributed by atoms with Crippen LogP contribution in [0.15, 0.2) is 27.3 Å². The number of furan rings is 1. The number of halogens is 1. The van der Waals surface area contributed by atoms with Gasteiger partial charge in [-0.1, -0.05) is 0 Å². The lowest BCUT2D eigenvalue weighted by Gasteiger charge is -2.36. The van der Waals surface area contributed by atoms with Gasteiger partial charge in [0, 0.05) is 49.1 Å². The van der Waals surface area contributed by atoms with Crippen LogP contribution in [0, 0.1) is 0 Å². The zero-order valence-corrected chi connectivity index (χ0v) is 23.0. The summed E-state index contributed by atoms with van der Waals surface area (Å²) < 4.78 is 29.0. The zero-order valence-electron chi connectivity index (χ0n) is 21.4. The van der Waals surface area contributed by atoms with Crippen LogP contribution in [0.2, 0.25) is 0 Å². The highest BCUT2D eigenvalue weighted by atomic mass is 79.9. The molecule has 1 saturated carbocycles. The SMILES string of the molecule is COCCCOc1cc(CN(C(=O)[C@H]2CN(C(=O)OC(C)(C)C)CCO2)C2CC2)c(Br)c2ccoc12. The van der Waals surface area contributed by atoms with Crippen LogP contribution in [-0.4, -0.2) is 79.6 Å². The van der Waals surface area contributed by atoms with Crippen molar-refractivity contribution in [2.75, 3.05) is 40.0 Å². The van der Waals surface area contributed by atoms with Gasteiger partial charge in [0.25, 0.3) is 5.91 Å². The Bertz CT molecular complexity index is 1080. The molecule has 10 heteroatoms. The fourth-order valence-electron chi connectivity index (χ4n) is 4.17. The number of methoxy groups -OCH3 is 1. The summed E-state index contributed by atoms with van der Waals surface area (Å²) in [7, 11) is 1.66. The minimum absolute atomic E-state index is 0.118. The molecule has 0 N–H and O–H groups in total. The monoisotopic (exact) mass is 566 g/mol. The van der Waals surface area contributed by atoms with Gasteiger partial charge in [-0.05, 0) is 67.2 Å². The van der Waals surface area contributed by atoms with Gasteiger partial charge in [-0.2, -0.15) is 0 Å². The van der Waals surface area contributed by atoms with Gasteiger partial charge in [-0.3, -0.25) is 4.79 Å². The summed E-state index contributed by atoms with van der Waals surface area (Å²) in [6.07, 6.45) is 3.12. The number of rotatable bonds is 9. The van der Waals surface area contributed by atoms with Gasteiger partial charge in [0.15, 0.2) is 17.4 Å². The van der Waals surface area contributed by atoms with Crippen LogP contribution < -0.4 is 4.74 Å². The van der Waals surface area contributed by atoms with Crippen LogP contribution in [0.25, 0.3) is 11.0 Å². The van der Waals surface area contributed by atoms with Gasteiger partial charge in [-0.25, -0.2) is 4.79 Å². The minimum atomic E-state index is -0.729. The maximum Gasteiger partial charge on any atom is 0.410 e. The lowest BCUT2D eigenvalue weighted by atomic mass is 10.1. The van der Waals surface area contributed by atoms with Gasteiger partial charge in [0.1, 0.15) is 5.60 Å². The van der Waals surface area contributed by atoms with Crippen molar-refractivity contribution >= 4 is 38.9 Å². The maximum absolute atomic E-state index is 13.6. The van der Waals surface area contributed by atoms with Crippen molar-refractivity contribution in [3.8, 4) is 5.75 Å². The normalized spacial score (nSPS) is 18.4. The molecule has 2 aromatic rings. The van der Waals surface area contributed by atoms with Gasteiger partial charge in [-0.15, -0.1) is 0 Å². The Labute approximate surface area is 220 Å². The Morgan fingerprint density at radius 1 is 1.25 bits per heavy atom. The highest BCUT2D eigenvalue weighted by Gasteiger charge is 2.40. The molecule has 36 heavy (non-hydrogen) atoms. The van der Waals surface area contributed by atoms with Crippen molar-refractivity contribution in [3.63, 3.8) is 0 Å². The van der Waals surface area contributed by atoms with E-state index in [1.165, 1.54) is 0 Å². The van der Waals surface area contributed by atoms with Crippen LogP contribution in [0.4, 0.5) is 4.79 Å². The third kappa shape index (κ3) is 6.52. The van der Waals surface area contributed by atoms with Crippen molar-refractivity contribution in [1.29, 1.82) is 0 Å². The second-order valence-electron chi connectivity index (χ2n) is 10.2. The van der Waals surface area contributed by atoms with Crippen LogP contribution in [-0.2, 0) is 25.5 Å². The summed E-state index contributed by atoms with van der Waals surface area (Å²) >= 11 is 3.71. The molecule has 1 aliphatic carbocycles. The lowest BCUT2D eigenvalue weighted by Crippen LogP contribution is -2.53. The Morgan fingerprint density at radius 3 is 2.72 bits per heavy atom. The Morgan fingerprint density at radius 2 is 2.03 bits per heavy atom. The molecule has 9 nitrogen and oxygen atoms in total. The Balaban J connectivity index is 1.50. The molecule has 2 fully saturated rings. The second kappa shape index (κ2) is 11.4. The first kappa shape index (κ1) is 26.8. The quantitative estimate of drug-likeness (QED) is 0.405. The van der Waals surface area contributed by atoms with E-state index in [1.54, 1.807) is 18.3 Å². The Kier molecular flexibility index (Phi) is 8.47. The zero-order chi connectivity index (χ0) is 25.9. The lowest BCUT2D eigenvalue weighted by molar-refractivity contribution is -0.150. The molecule has 0 radical (unpaired) electrons. The van der Waals surface area contributed by atoms with E-state index in [-0.39, 0.29) is 25.1 Å². The molecule has 0 spiro atoms. The molecule has 1 aromatic heterocycles. The van der Waals surface area contributed by atoms with E-state index in [4.69, 9.17) is 23.4 Å². The first-order chi connectivity index (χ1) is 17.2. The topological polar surface area (TPSA) is 90.7 Å². The average Bonchev–Trinajstić information content (AvgIpc) is 3.55. The van der Waals surface area contributed by atoms with E-state index in [1.807, 2.05) is 37.8 Å². The van der Waals surface area contributed by atoms with E-state index >= 15 is 0 Å². The number of morpholine rings is 1. The van der Waals surface area contributed by atoms with Crippen molar-refractivity contribution in [2.24, 2.45) is 0 Å². The number of nitrogens with zero attached hydrogens (tertiary/aromatic N) is 2. The van der Waals surface area contributed by atoms with Crippen LogP contribution in [0.1, 0.15) is 45.6 Å². The highest BCUT2D eigenvalue weighted by molar-refractivity contribution is 9.10. The molecule has 4 rings (SSSR count). The van der Waals surface area contributed by atoms with E-state index in [0.717, 1.165) is 34.7 Å². The second-order valence-corrected chi connectivity index (χ2v) is 11.0. The smallest absolute Gasteiger partial charge is 0.410 e. The molecule has 0 unspecified atom stereocenters. The molecule has 0 bridgehead atoms. The predicted molar refractivity (Wildman–Crippen MR) is 137 cm³/mol. The van der Waals surface area contributed by atoms with E-state index < -0.39 is 17.8 Å².